The van der Waals surface area contributed by atoms with Crippen LogP contribution in [0.5, 0.6) is 0 Å². The highest BCUT2D eigenvalue weighted by molar-refractivity contribution is 7.92. The van der Waals surface area contributed by atoms with Crippen molar-refractivity contribution in [3.63, 3.8) is 0 Å². The Bertz CT molecular complexity index is 709. The number of imidazole rings is 1. The molecule has 0 aliphatic carbocycles. The second kappa shape index (κ2) is 4.82. The summed E-state index contributed by atoms with van der Waals surface area (Å²) in [6.07, 6.45) is -2.32. The fourth-order valence-corrected chi connectivity index (χ4v) is 2.52. The molecule has 2 aromatic rings. The standard InChI is InChI=1S/C11H10F3N3O2S/c1-7-2-3-8(11(12,13)14)4-9(7)17-20(18,19)10-5-15-6-16-10/h2-6,17H,1H3,(H,15,16). The van der Waals surface area contributed by atoms with Crippen LogP contribution in [0, 0.1) is 6.92 Å². The number of aromatic amines is 1. The summed E-state index contributed by atoms with van der Waals surface area (Å²) >= 11 is 0. The van der Waals surface area contributed by atoms with Crippen molar-refractivity contribution in [3.8, 4) is 0 Å². The minimum absolute atomic E-state index is 0.130. The van der Waals surface area contributed by atoms with Crippen LogP contribution in [-0.4, -0.2) is 18.4 Å². The molecule has 0 radical (unpaired) electrons. The van der Waals surface area contributed by atoms with Gasteiger partial charge in [0.05, 0.1) is 23.8 Å². The lowest BCUT2D eigenvalue weighted by molar-refractivity contribution is -0.137. The van der Waals surface area contributed by atoms with E-state index in [1.807, 2.05) is 0 Å². The van der Waals surface area contributed by atoms with Gasteiger partial charge in [-0.25, -0.2) is 4.98 Å². The Kier molecular flexibility index (Phi) is 3.46. The van der Waals surface area contributed by atoms with E-state index in [-0.39, 0.29) is 10.7 Å². The molecule has 0 amide bonds. The van der Waals surface area contributed by atoms with Crippen molar-refractivity contribution >= 4 is 15.7 Å². The van der Waals surface area contributed by atoms with Crippen molar-refractivity contribution in [1.29, 1.82) is 0 Å². The summed E-state index contributed by atoms with van der Waals surface area (Å²) in [7, 11) is -3.99. The summed E-state index contributed by atoms with van der Waals surface area (Å²) in [6, 6.07) is 2.85. The maximum atomic E-state index is 12.6. The van der Waals surface area contributed by atoms with Gasteiger partial charge in [-0.3, -0.25) is 4.72 Å². The van der Waals surface area contributed by atoms with Crippen LogP contribution < -0.4 is 4.72 Å². The number of alkyl halides is 3. The van der Waals surface area contributed by atoms with E-state index < -0.39 is 21.8 Å². The molecule has 1 heterocycles. The van der Waals surface area contributed by atoms with Gasteiger partial charge in [-0.2, -0.15) is 21.6 Å². The minimum Gasteiger partial charge on any atom is -0.334 e. The lowest BCUT2D eigenvalue weighted by Gasteiger charge is -2.13. The van der Waals surface area contributed by atoms with Gasteiger partial charge in [0, 0.05) is 0 Å². The molecule has 20 heavy (non-hydrogen) atoms. The van der Waals surface area contributed by atoms with Crippen molar-refractivity contribution in [2.75, 3.05) is 4.72 Å². The van der Waals surface area contributed by atoms with Gasteiger partial charge < -0.3 is 4.98 Å². The van der Waals surface area contributed by atoms with E-state index >= 15 is 0 Å². The van der Waals surface area contributed by atoms with Gasteiger partial charge in [0.1, 0.15) is 0 Å². The van der Waals surface area contributed by atoms with Crippen LogP contribution in [0.2, 0.25) is 0 Å². The first-order valence-electron chi connectivity index (χ1n) is 5.39. The number of nitrogens with zero attached hydrogens (tertiary/aromatic N) is 1. The van der Waals surface area contributed by atoms with Gasteiger partial charge in [-0.1, -0.05) is 6.07 Å². The molecule has 108 valence electrons. The molecule has 0 fully saturated rings. The Morgan fingerprint density at radius 1 is 1.30 bits per heavy atom. The normalized spacial score (nSPS) is 12.4. The van der Waals surface area contributed by atoms with E-state index in [0.717, 1.165) is 24.7 Å². The molecule has 0 saturated heterocycles. The van der Waals surface area contributed by atoms with Gasteiger partial charge in [0.25, 0.3) is 10.0 Å². The van der Waals surface area contributed by atoms with Crippen molar-refractivity contribution in [2.45, 2.75) is 18.1 Å². The molecular weight excluding hydrogens is 295 g/mol. The average molecular weight is 305 g/mol. The third-order valence-corrected chi connectivity index (χ3v) is 3.86. The molecule has 0 aliphatic rings. The Morgan fingerprint density at radius 3 is 2.55 bits per heavy atom. The van der Waals surface area contributed by atoms with Crippen molar-refractivity contribution in [3.05, 3.63) is 41.9 Å². The summed E-state index contributed by atoms with van der Waals surface area (Å²) in [6.45, 7) is 1.50. The highest BCUT2D eigenvalue weighted by Gasteiger charge is 2.31. The number of hydrogen-bond donors (Lipinski definition) is 2. The fourth-order valence-electron chi connectivity index (χ4n) is 1.50. The van der Waals surface area contributed by atoms with E-state index in [0.29, 0.717) is 5.56 Å². The summed E-state index contributed by atoms with van der Waals surface area (Å²) in [4.78, 5) is 5.93. The first-order chi connectivity index (χ1) is 9.20. The highest BCUT2D eigenvalue weighted by Crippen LogP contribution is 2.32. The van der Waals surface area contributed by atoms with E-state index in [2.05, 4.69) is 14.7 Å². The van der Waals surface area contributed by atoms with E-state index in [1.54, 1.807) is 0 Å². The zero-order chi connectivity index (χ0) is 15.0. The zero-order valence-corrected chi connectivity index (χ0v) is 11.0. The van der Waals surface area contributed by atoms with Gasteiger partial charge in [0.15, 0.2) is 5.03 Å². The Balaban J connectivity index is 2.39. The van der Waals surface area contributed by atoms with E-state index in [9.17, 15) is 21.6 Å². The number of H-pyrrole nitrogens is 1. The molecule has 2 rings (SSSR count). The predicted molar refractivity (Wildman–Crippen MR) is 65.6 cm³/mol. The lowest BCUT2D eigenvalue weighted by atomic mass is 10.1. The second-order valence-corrected chi connectivity index (χ2v) is 5.70. The maximum Gasteiger partial charge on any atom is 0.416 e. The summed E-state index contributed by atoms with van der Waals surface area (Å²) < 4.78 is 63.8. The monoisotopic (exact) mass is 305 g/mol. The molecule has 5 nitrogen and oxygen atoms in total. The molecule has 9 heteroatoms. The largest absolute Gasteiger partial charge is 0.416 e. The number of aryl methyl sites for hydroxylation is 1. The zero-order valence-electron chi connectivity index (χ0n) is 10.2. The molecule has 2 N–H and O–H groups in total. The maximum absolute atomic E-state index is 12.6. The van der Waals surface area contributed by atoms with Gasteiger partial charge >= 0.3 is 6.18 Å². The second-order valence-electron chi connectivity index (χ2n) is 4.05. The topological polar surface area (TPSA) is 74.8 Å². The quantitative estimate of drug-likeness (QED) is 0.915. The molecule has 0 spiro atoms. The van der Waals surface area contributed by atoms with Crippen LogP contribution in [0.1, 0.15) is 11.1 Å². The molecular formula is C11H10F3N3O2S. The van der Waals surface area contributed by atoms with Crippen LogP contribution >= 0.6 is 0 Å². The highest BCUT2D eigenvalue weighted by atomic mass is 32.2. The van der Waals surface area contributed by atoms with Crippen molar-refractivity contribution < 1.29 is 21.6 Å². The number of halogens is 3. The summed E-state index contributed by atoms with van der Waals surface area (Å²) in [5, 5.41) is -0.227. The fraction of sp³-hybridized carbons (Fsp3) is 0.182. The number of nitrogens with one attached hydrogen (secondary N) is 2. The molecule has 0 bridgehead atoms. The Labute approximate surface area is 112 Å². The third-order valence-electron chi connectivity index (χ3n) is 2.57. The number of anilines is 1. The molecule has 0 saturated carbocycles. The lowest BCUT2D eigenvalue weighted by Crippen LogP contribution is -2.15. The number of sulfonamides is 1. The minimum atomic E-state index is -4.54. The smallest absolute Gasteiger partial charge is 0.334 e. The number of aromatic nitrogens is 2. The average Bonchev–Trinajstić information content (AvgIpc) is 2.84. The van der Waals surface area contributed by atoms with Crippen LogP contribution in [-0.2, 0) is 16.2 Å². The summed E-state index contributed by atoms with van der Waals surface area (Å²) in [5.41, 5.74) is -0.680. The summed E-state index contributed by atoms with van der Waals surface area (Å²) in [5.74, 6) is 0. The van der Waals surface area contributed by atoms with Crippen LogP contribution in [0.4, 0.5) is 18.9 Å². The SMILES string of the molecule is Cc1ccc(C(F)(F)F)cc1NS(=O)(=O)c1cnc[nH]1. The number of benzene rings is 1. The molecule has 0 atom stereocenters. The Hall–Kier alpha value is -2.03. The third kappa shape index (κ3) is 2.93. The van der Waals surface area contributed by atoms with Crippen molar-refractivity contribution in [1.82, 2.24) is 9.97 Å². The molecule has 1 aromatic heterocycles. The number of rotatable bonds is 3. The van der Waals surface area contributed by atoms with Crippen LogP contribution in [0.15, 0.2) is 35.7 Å². The first-order valence-corrected chi connectivity index (χ1v) is 6.87. The predicted octanol–water partition coefficient (Wildman–Crippen LogP) is 2.54. The first kappa shape index (κ1) is 14.4. The van der Waals surface area contributed by atoms with Gasteiger partial charge in [-0.15, -0.1) is 0 Å². The van der Waals surface area contributed by atoms with Crippen LogP contribution in [0.25, 0.3) is 0 Å². The van der Waals surface area contributed by atoms with Gasteiger partial charge in [-0.05, 0) is 24.6 Å². The van der Waals surface area contributed by atoms with E-state index in [4.69, 9.17) is 0 Å². The molecule has 0 unspecified atom stereocenters. The van der Waals surface area contributed by atoms with E-state index in [1.165, 1.54) is 13.0 Å². The van der Waals surface area contributed by atoms with Crippen LogP contribution in [0.3, 0.4) is 0 Å². The Morgan fingerprint density at radius 2 is 2.00 bits per heavy atom. The number of hydrogen-bond acceptors (Lipinski definition) is 3. The van der Waals surface area contributed by atoms with Gasteiger partial charge in [0.2, 0.25) is 0 Å². The van der Waals surface area contributed by atoms with Crippen molar-refractivity contribution in [2.24, 2.45) is 0 Å². The molecule has 1 aromatic carbocycles. The molecule has 0 aliphatic heterocycles.